The Hall–Kier alpha value is -3.95. The van der Waals surface area contributed by atoms with Crippen LogP contribution in [0.3, 0.4) is 0 Å². The first-order valence-corrected chi connectivity index (χ1v) is 16.7. The normalized spacial score (nSPS) is 36.8. The molecule has 3 aromatic rings. The number of hydrogen-bond donors (Lipinski definition) is 14. The lowest BCUT2D eigenvalue weighted by Gasteiger charge is -2.45. The summed E-state index contributed by atoms with van der Waals surface area (Å²) in [5.74, 6) is -3.84. The zero-order valence-electron chi connectivity index (χ0n) is 28.2. The van der Waals surface area contributed by atoms with E-state index >= 15 is 0 Å². The second kappa shape index (κ2) is 16.3. The van der Waals surface area contributed by atoms with E-state index in [1.165, 1.54) is 6.07 Å². The molecular formula is C33H40O22. The smallest absolute Gasteiger partial charge is 0.239 e. The molecule has 0 bridgehead atoms. The number of phenols is 3. The molecule has 0 radical (unpaired) electrons. The molecule has 4 heterocycles. The summed E-state index contributed by atoms with van der Waals surface area (Å²) in [6, 6.07) is 5.03. The molecule has 55 heavy (non-hydrogen) atoms. The summed E-state index contributed by atoms with van der Waals surface area (Å²) in [6.07, 6.45) is -27.2. The quantitative estimate of drug-likeness (QED) is 0.0853. The maximum atomic E-state index is 14.2. The largest absolute Gasteiger partial charge is 0.507 e. The van der Waals surface area contributed by atoms with E-state index in [-0.39, 0.29) is 11.3 Å². The minimum atomic E-state index is -2.05. The van der Waals surface area contributed by atoms with Crippen molar-refractivity contribution in [1.82, 2.24) is 0 Å². The molecule has 0 amide bonds. The molecule has 3 saturated heterocycles. The highest BCUT2D eigenvalue weighted by Crippen LogP contribution is 2.41. The number of hydrogen-bond acceptors (Lipinski definition) is 22. The third-order valence-electron chi connectivity index (χ3n) is 9.44. The molecular weight excluding hydrogens is 748 g/mol. The van der Waals surface area contributed by atoms with E-state index in [0.29, 0.717) is 0 Å². The lowest BCUT2D eigenvalue weighted by Crippen LogP contribution is -2.65. The molecule has 3 fully saturated rings. The van der Waals surface area contributed by atoms with Crippen molar-refractivity contribution in [1.29, 1.82) is 0 Å². The van der Waals surface area contributed by atoms with Crippen molar-refractivity contribution in [3.05, 3.63) is 40.6 Å². The van der Waals surface area contributed by atoms with Gasteiger partial charge in [-0.2, -0.15) is 0 Å². The van der Waals surface area contributed by atoms with Crippen molar-refractivity contribution in [3.8, 4) is 40.1 Å². The highest BCUT2D eigenvalue weighted by atomic mass is 16.8. The minimum Gasteiger partial charge on any atom is -0.507 e. The van der Waals surface area contributed by atoms with Crippen molar-refractivity contribution in [3.63, 3.8) is 0 Å². The second-order valence-corrected chi connectivity index (χ2v) is 13.0. The molecule has 0 saturated carbocycles. The van der Waals surface area contributed by atoms with Gasteiger partial charge in [-0.25, -0.2) is 0 Å². The third-order valence-corrected chi connectivity index (χ3v) is 9.44. The fraction of sp³-hybridized carbons (Fsp3) is 0.545. The topological polar surface area (TPSA) is 369 Å². The van der Waals surface area contributed by atoms with E-state index in [0.717, 1.165) is 24.3 Å². The Morgan fingerprint density at radius 3 is 1.69 bits per heavy atom. The highest BCUT2D eigenvalue weighted by Gasteiger charge is 2.52. The number of aliphatic hydroxyl groups excluding tert-OH is 11. The van der Waals surface area contributed by atoms with Gasteiger partial charge in [-0.15, -0.1) is 0 Å². The number of aromatic hydroxyl groups is 3. The highest BCUT2D eigenvalue weighted by molar-refractivity contribution is 5.88. The molecule has 6 unspecified atom stereocenters. The van der Waals surface area contributed by atoms with Crippen LogP contribution in [0.1, 0.15) is 0 Å². The van der Waals surface area contributed by atoms with Gasteiger partial charge in [-0.1, -0.05) is 0 Å². The molecule has 1 aromatic heterocycles. The van der Waals surface area contributed by atoms with Crippen LogP contribution in [-0.2, 0) is 18.9 Å². The van der Waals surface area contributed by atoms with Crippen LogP contribution in [0.2, 0.25) is 0 Å². The van der Waals surface area contributed by atoms with Gasteiger partial charge in [0.2, 0.25) is 23.8 Å². The van der Waals surface area contributed by atoms with Crippen molar-refractivity contribution >= 4 is 11.0 Å². The van der Waals surface area contributed by atoms with Crippen molar-refractivity contribution in [2.24, 2.45) is 0 Å². The monoisotopic (exact) mass is 788 g/mol. The Balaban J connectivity index is 1.43. The van der Waals surface area contributed by atoms with Gasteiger partial charge in [0.1, 0.15) is 89.6 Å². The molecule has 3 aliphatic heterocycles. The lowest BCUT2D eigenvalue weighted by molar-refractivity contribution is -0.358. The Bertz CT molecular complexity index is 1870. The first-order chi connectivity index (χ1) is 26.1. The van der Waals surface area contributed by atoms with Gasteiger partial charge < -0.3 is 104 Å². The standard InChI is InChI=1S/C33H40O22/c34-6-15-19(40)23(44)26(47)31(51-15)49-10-4-13(39)18-14(5-10)50-28(9-1-2-11(37)12(38)3-9)29(22(18)43)54-33-30(25(46)21(42)17(8-36)53-33)55-32-27(48)24(45)20(41)16(7-35)52-32/h1-5,15-17,19-21,23-27,30-42,44-48H,6-8H2/t15?,16?,17?,19-,20-,21+,23+,24+,25+,26?,27?,30?,31-,32+,33+/m1/s1. The fourth-order valence-corrected chi connectivity index (χ4v) is 6.33. The van der Waals surface area contributed by atoms with E-state index in [2.05, 4.69) is 0 Å². The summed E-state index contributed by atoms with van der Waals surface area (Å²) < 4.78 is 39.5. The third kappa shape index (κ3) is 7.63. The van der Waals surface area contributed by atoms with Crippen molar-refractivity contribution < 1.29 is 104 Å². The number of fused-ring (bicyclic) bond motifs is 1. The summed E-state index contributed by atoms with van der Waals surface area (Å²) in [7, 11) is 0. The Kier molecular flexibility index (Phi) is 12.0. The van der Waals surface area contributed by atoms with E-state index in [1.807, 2.05) is 0 Å². The van der Waals surface area contributed by atoms with Gasteiger partial charge in [0, 0.05) is 17.7 Å². The van der Waals surface area contributed by atoms with E-state index in [9.17, 15) is 76.3 Å². The molecule has 22 heteroatoms. The molecule has 0 spiro atoms. The van der Waals surface area contributed by atoms with E-state index in [1.54, 1.807) is 0 Å². The summed E-state index contributed by atoms with van der Waals surface area (Å²) in [5, 5.41) is 143. The predicted molar refractivity (Wildman–Crippen MR) is 174 cm³/mol. The van der Waals surface area contributed by atoms with Gasteiger partial charge in [0.05, 0.1) is 19.8 Å². The molecule has 0 aliphatic carbocycles. The summed E-state index contributed by atoms with van der Waals surface area (Å²) in [4.78, 5) is 14.2. The zero-order valence-corrected chi connectivity index (χ0v) is 28.2. The van der Waals surface area contributed by atoms with E-state index < -0.39 is 157 Å². The van der Waals surface area contributed by atoms with Gasteiger partial charge in [0.15, 0.2) is 29.7 Å². The molecule has 14 N–H and O–H groups in total. The number of rotatable bonds is 10. The molecule has 304 valence electrons. The first-order valence-electron chi connectivity index (χ1n) is 16.7. The van der Waals surface area contributed by atoms with Crippen molar-refractivity contribution in [2.45, 2.75) is 92.1 Å². The molecule has 3 aliphatic rings. The summed E-state index contributed by atoms with van der Waals surface area (Å²) >= 11 is 0. The zero-order chi connectivity index (χ0) is 40.0. The van der Waals surface area contributed by atoms with Gasteiger partial charge in [-0.05, 0) is 18.2 Å². The molecule has 6 rings (SSSR count). The Morgan fingerprint density at radius 2 is 1.11 bits per heavy atom. The minimum absolute atomic E-state index is 0.162. The van der Waals surface area contributed by atoms with Crippen molar-refractivity contribution in [2.75, 3.05) is 19.8 Å². The van der Waals surface area contributed by atoms with Gasteiger partial charge >= 0.3 is 0 Å². The van der Waals surface area contributed by atoms with E-state index in [4.69, 9.17) is 32.8 Å². The first kappa shape index (κ1) is 40.7. The average Bonchev–Trinajstić information content (AvgIpc) is 3.16. The van der Waals surface area contributed by atoms with Gasteiger partial charge in [-0.3, -0.25) is 4.79 Å². The molecule has 2 aromatic carbocycles. The van der Waals surface area contributed by atoms with Crippen LogP contribution in [0, 0.1) is 0 Å². The van der Waals surface area contributed by atoms with Gasteiger partial charge in [0.25, 0.3) is 0 Å². The van der Waals surface area contributed by atoms with Crippen LogP contribution in [0.5, 0.6) is 28.7 Å². The number of phenolic OH excluding ortho intramolecular Hbond substituents is 3. The maximum absolute atomic E-state index is 14.2. The molecule has 22 nitrogen and oxygen atoms in total. The van der Waals surface area contributed by atoms with Crippen LogP contribution in [0.15, 0.2) is 39.5 Å². The Labute approximate surface area is 307 Å². The maximum Gasteiger partial charge on any atom is 0.239 e. The fourth-order valence-electron chi connectivity index (χ4n) is 6.33. The summed E-state index contributed by atoms with van der Waals surface area (Å²) in [6.45, 7) is -2.56. The van der Waals surface area contributed by atoms with Crippen LogP contribution in [0.4, 0.5) is 0 Å². The molecule has 15 atom stereocenters. The van der Waals surface area contributed by atoms with Crippen LogP contribution in [0.25, 0.3) is 22.3 Å². The second-order valence-electron chi connectivity index (χ2n) is 13.0. The van der Waals surface area contributed by atoms with Crippen LogP contribution >= 0.6 is 0 Å². The average molecular weight is 789 g/mol. The SMILES string of the molecule is O=c1c(O[C@@H]2OC(CO)[C@H](O)[C@H](O)C2O[C@@H]2OC(CO)[C@@H](O)[C@H](O)C2O)c(-c2ccc(O)c(O)c2)oc2cc(O[C@@H]3OC(CO)[C@@H](O)[C@H](O)C3O)cc(O)c12. The number of aliphatic hydroxyl groups is 11. The summed E-state index contributed by atoms with van der Waals surface area (Å²) in [5.41, 5.74) is -1.77. The number of ether oxygens (including phenoxy) is 6. The predicted octanol–water partition coefficient (Wildman–Crippen LogP) is -5.24. The van der Waals surface area contributed by atoms with Crippen LogP contribution < -0.4 is 14.9 Å². The Morgan fingerprint density at radius 1 is 0.564 bits per heavy atom. The number of benzene rings is 2. The van der Waals surface area contributed by atoms with Crippen LogP contribution in [-0.4, -0.2) is 183 Å². The lowest BCUT2D eigenvalue weighted by atomic mass is 9.97.